The number of hydrogen-bond acceptors (Lipinski definition) is 4. The van der Waals surface area contributed by atoms with Crippen molar-refractivity contribution in [3.8, 4) is 23.0 Å². The minimum absolute atomic E-state index is 0.0496. The third-order valence-corrected chi connectivity index (χ3v) is 5.66. The number of hydrogen-bond donors (Lipinski definition) is 1. The molecule has 1 unspecified atom stereocenters. The molecule has 0 bridgehead atoms. The summed E-state index contributed by atoms with van der Waals surface area (Å²) in [6.07, 6.45) is 6.23. The number of nitrogens with zero attached hydrogens (tertiary/aromatic N) is 5. The SMILES string of the molecule is Cc1cc(C#N)ccc1-c1c[nH]n(-c2ccc(C(=O)N3CCC(C=[N+](C)C)C3)cn2)c1=O. The van der Waals surface area contributed by atoms with Crippen LogP contribution in [0.5, 0.6) is 0 Å². The molecular weight excluding hydrogens is 404 g/mol. The Kier molecular flexibility index (Phi) is 5.73. The summed E-state index contributed by atoms with van der Waals surface area (Å²) in [5.74, 6) is 0.721. The lowest BCUT2D eigenvalue weighted by Gasteiger charge is -2.15. The van der Waals surface area contributed by atoms with Gasteiger partial charge in [0.15, 0.2) is 5.82 Å². The van der Waals surface area contributed by atoms with Crippen LogP contribution < -0.4 is 5.56 Å². The van der Waals surface area contributed by atoms with Crippen LogP contribution in [0.4, 0.5) is 0 Å². The lowest BCUT2D eigenvalue weighted by molar-refractivity contribution is -0.461. The first-order valence-electron chi connectivity index (χ1n) is 10.5. The number of H-pyrrole nitrogens is 1. The summed E-state index contributed by atoms with van der Waals surface area (Å²) in [5, 5.41) is 12.0. The van der Waals surface area contributed by atoms with Gasteiger partial charge in [-0.15, -0.1) is 0 Å². The van der Waals surface area contributed by atoms with Crippen LogP contribution in [-0.4, -0.2) is 63.5 Å². The number of nitrogens with one attached hydrogen (secondary N) is 1. The van der Waals surface area contributed by atoms with E-state index in [4.69, 9.17) is 5.26 Å². The fraction of sp³-hybridized carbons (Fsp3) is 0.292. The molecular formula is C24H25N6O2+. The highest BCUT2D eigenvalue weighted by molar-refractivity contribution is 5.94. The van der Waals surface area contributed by atoms with Gasteiger partial charge >= 0.3 is 0 Å². The molecule has 4 rings (SSSR count). The van der Waals surface area contributed by atoms with Crippen molar-refractivity contribution in [1.29, 1.82) is 5.26 Å². The van der Waals surface area contributed by atoms with Gasteiger partial charge in [0.1, 0.15) is 20.3 Å². The molecule has 0 radical (unpaired) electrons. The Balaban J connectivity index is 1.54. The number of nitriles is 1. The molecule has 1 saturated heterocycles. The van der Waals surface area contributed by atoms with Crippen LogP contribution in [-0.2, 0) is 0 Å². The van der Waals surface area contributed by atoms with Crippen molar-refractivity contribution in [2.75, 3.05) is 27.2 Å². The third kappa shape index (κ3) is 4.10. The fourth-order valence-electron chi connectivity index (χ4n) is 4.11. The monoisotopic (exact) mass is 429 g/mol. The molecule has 1 aromatic carbocycles. The molecule has 162 valence electrons. The van der Waals surface area contributed by atoms with Crippen molar-refractivity contribution < 1.29 is 9.37 Å². The zero-order valence-corrected chi connectivity index (χ0v) is 18.4. The van der Waals surface area contributed by atoms with Gasteiger partial charge in [-0.3, -0.25) is 14.7 Å². The number of rotatable bonds is 4. The number of aryl methyl sites for hydroxylation is 1. The normalized spacial score (nSPS) is 15.4. The van der Waals surface area contributed by atoms with Gasteiger partial charge in [0.2, 0.25) is 0 Å². The van der Waals surface area contributed by atoms with Crippen LogP contribution in [0.3, 0.4) is 0 Å². The summed E-state index contributed by atoms with van der Waals surface area (Å²) in [4.78, 5) is 32.0. The minimum Gasteiger partial charge on any atom is -0.338 e. The van der Waals surface area contributed by atoms with E-state index in [1.165, 1.54) is 10.9 Å². The van der Waals surface area contributed by atoms with Gasteiger partial charge in [0.05, 0.1) is 28.7 Å². The number of likely N-dealkylation sites (tertiary alicyclic amines) is 1. The second-order valence-corrected chi connectivity index (χ2v) is 8.29. The van der Waals surface area contributed by atoms with Crippen LogP contribution >= 0.6 is 0 Å². The molecule has 32 heavy (non-hydrogen) atoms. The molecule has 1 N–H and O–H groups in total. The molecule has 0 saturated carbocycles. The van der Waals surface area contributed by atoms with Gasteiger partial charge < -0.3 is 4.90 Å². The lowest BCUT2D eigenvalue weighted by atomic mass is 10.0. The second-order valence-electron chi connectivity index (χ2n) is 8.29. The van der Waals surface area contributed by atoms with Crippen molar-refractivity contribution in [2.24, 2.45) is 5.92 Å². The molecule has 0 aliphatic carbocycles. The van der Waals surface area contributed by atoms with E-state index >= 15 is 0 Å². The highest BCUT2D eigenvalue weighted by Gasteiger charge is 2.28. The minimum atomic E-state index is -0.244. The number of amides is 1. The van der Waals surface area contributed by atoms with Crippen LogP contribution in [0.15, 0.2) is 47.5 Å². The van der Waals surface area contributed by atoms with Crippen molar-refractivity contribution in [3.05, 3.63) is 69.8 Å². The summed E-state index contributed by atoms with van der Waals surface area (Å²) in [6.45, 7) is 3.28. The zero-order chi connectivity index (χ0) is 22.8. The highest BCUT2D eigenvalue weighted by atomic mass is 16.2. The summed E-state index contributed by atoms with van der Waals surface area (Å²) in [5.41, 5.74) is 2.90. The Hall–Kier alpha value is -3.99. The molecule has 1 amide bonds. The number of benzene rings is 1. The van der Waals surface area contributed by atoms with E-state index in [-0.39, 0.29) is 11.5 Å². The van der Waals surface area contributed by atoms with Crippen molar-refractivity contribution in [2.45, 2.75) is 13.3 Å². The van der Waals surface area contributed by atoms with Crippen molar-refractivity contribution in [3.63, 3.8) is 0 Å². The maximum Gasteiger partial charge on any atom is 0.280 e. The molecule has 1 aliphatic heterocycles. The predicted octanol–water partition coefficient (Wildman–Crippen LogP) is 2.21. The maximum absolute atomic E-state index is 13.0. The van der Waals surface area contributed by atoms with Gasteiger partial charge in [0.25, 0.3) is 11.5 Å². The quantitative estimate of drug-likeness (QED) is 0.508. The highest BCUT2D eigenvalue weighted by Crippen LogP contribution is 2.22. The standard InChI is InChI=1S/C24H24N6O2/c1-16-10-17(11-25)4-6-20(16)21-13-27-30(24(21)32)22-7-5-19(12-26-22)23(31)29-9-8-18(15-29)14-28(2)3/h4-7,10,12-14,18H,8-9,15H2,1-3H3/p+1. The number of pyridine rings is 1. The summed E-state index contributed by atoms with van der Waals surface area (Å²) in [6, 6.07) is 10.7. The van der Waals surface area contributed by atoms with Crippen molar-refractivity contribution >= 4 is 12.1 Å². The molecule has 3 heterocycles. The van der Waals surface area contributed by atoms with E-state index < -0.39 is 0 Å². The molecule has 8 heteroatoms. The molecule has 0 spiro atoms. The predicted molar refractivity (Wildman–Crippen MR) is 121 cm³/mol. The molecule has 3 aromatic rings. The molecule has 8 nitrogen and oxygen atoms in total. The first-order valence-corrected chi connectivity index (χ1v) is 10.5. The van der Waals surface area contributed by atoms with E-state index in [1.807, 2.05) is 30.5 Å². The van der Waals surface area contributed by atoms with E-state index in [0.717, 1.165) is 24.1 Å². The lowest BCUT2D eigenvalue weighted by Crippen LogP contribution is -2.29. The Morgan fingerprint density at radius 3 is 2.75 bits per heavy atom. The van der Waals surface area contributed by atoms with E-state index in [0.29, 0.717) is 35.0 Å². The topological polar surface area (TPSA) is 97.8 Å². The summed E-state index contributed by atoms with van der Waals surface area (Å²) < 4.78 is 3.37. The van der Waals surface area contributed by atoms with Gasteiger partial charge in [-0.05, 0) is 48.7 Å². The Morgan fingerprint density at radius 2 is 2.09 bits per heavy atom. The molecule has 1 atom stereocenters. The number of aromatic amines is 1. The average molecular weight is 430 g/mol. The van der Waals surface area contributed by atoms with Crippen molar-refractivity contribution in [1.82, 2.24) is 19.7 Å². The van der Waals surface area contributed by atoms with Gasteiger partial charge in [-0.1, -0.05) is 6.07 Å². The second kappa shape index (κ2) is 8.63. The molecule has 1 aliphatic rings. The number of aromatic nitrogens is 3. The largest absolute Gasteiger partial charge is 0.338 e. The van der Waals surface area contributed by atoms with Gasteiger partial charge in [-0.25, -0.2) is 14.2 Å². The third-order valence-electron chi connectivity index (χ3n) is 5.66. The van der Waals surface area contributed by atoms with E-state index in [9.17, 15) is 9.59 Å². The summed E-state index contributed by atoms with van der Waals surface area (Å²) >= 11 is 0. The van der Waals surface area contributed by atoms with Crippen LogP contribution in [0.2, 0.25) is 0 Å². The molecule has 2 aromatic heterocycles. The van der Waals surface area contributed by atoms with Crippen LogP contribution in [0, 0.1) is 24.2 Å². The van der Waals surface area contributed by atoms with E-state index in [1.54, 1.807) is 36.5 Å². The van der Waals surface area contributed by atoms with Gasteiger partial charge in [-0.2, -0.15) is 5.26 Å². The Labute approximate surface area is 186 Å². The number of carbonyl (C=O) groups is 1. The van der Waals surface area contributed by atoms with Crippen LogP contribution in [0.25, 0.3) is 16.9 Å². The Bertz CT molecular complexity index is 1290. The number of carbonyl (C=O) groups excluding carboxylic acids is 1. The Morgan fingerprint density at radius 1 is 1.28 bits per heavy atom. The first kappa shape index (κ1) is 21.2. The zero-order valence-electron chi connectivity index (χ0n) is 18.4. The van der Waals surface area contributed by atoms with Gasteiger partial charge in [0, 0.05) is 25.5 Å². The average Bonchev–Trinajstić information content (AvgIpc) is 3.39. The first-order chi connectivity index (χ1) is 15.4. The molecule has 1 fully saturated rings. The maximum atomic E-state index is 13.0. The van der Waals surface area contributed by atoms with E-state index in [2.05, 4.69) is 22.4 Å². The fourth-order valence-corrected chi connectivity index (χ4v) is 4.11. The smallest absolute Gasteiger partial charge is 0.280 e. The van der Waals surface area contributed by atoms with Crippen LogP contribution in [0.1, 0.15) is 27.9 Å². The summed E-state index contributed by atoms with van der Waals surface area (Å²) in [7, 11) is 3.98.